The van der Waals surface area contributed by atoms with Gasteiger partial charge in [-0.2, -0.15) is 0 Å². The van der Waals surface area contributed by atoms with Crippen molar-refractivity contribution in [2.24, 2.45) is 11.5 Å². The second-order valence-corrected chi connectivity index (χ2v) is 6.74. The maximum atomic E-state index is 12.3. The van der Waals surface area contributed by atoms with Crippen LogP contribution in [0.4, 0.5) is 0 Å². The molecule has 0 bridgehead atoms. The third kappa shape index (κ3) is 11.6. The fourth-order valence-electron chi connectivity index (χ4n) is 2.00. The van der Waals surface area contributed by atoms with Gasteiger partial charge in [-0.1, -0.05) is 6.42 Å². The number of unbranched alkanes of at least 4 members (excludes halogenated alkanes) is 2. The smallest absolute Gasteiger partial charge is 0.235 e. The van der Waals surface area contributed by atoms with Crippen LogP contribution in [0, 0.1) is 5.41 Å². The number of amides is 2. The number of nitrogens with one attached hydrogen (secondary N) is 1. The second kappa shape index (κ2) is 12.9. The number of thioether (sulfide) groups is 1. The first kappa shape index (κ1) is 21.4. The summed E-state index contributed by atoms with van der Waals surface area (Å²) in [6.07, 6.45) is 4.93. The van der Waals surface area contributed by atoms with E-state index in [0.29, 0.717) is 25.1 Å². The van der Waals surface area contributed by atoms with E-state index in [1.807, 2.05) is 0 Å². The summed E-state index contributed by atoms with van der Waals surface area (Å²) in [4.78, 5) is 35.4. The van der Waals surface area contributed by atoms with Gasteiger partial charge in [-0.15, -0.1) is 11.8 Å². The number of carbonyl (C=O) groups is 3. The summed E-state index contributed by atoms with van der Waals surface area (Å²) in [5.74, 6) is 0.468. The molecule has 0 radical (unpaired) electrons. The number of carbonyl (C=O) groups excluding carboxylic acids is 3. The molecule has 0 heterocycles. The summed E-state index contributed by atoms with van der Waals surface area (Å²) in [5.41, 5.74) is 10.4. The maximum absolute atomic E-state index is 12.3. The highest BCUT2D eigenvalue weighted by molar-refractivity contribution is 8.00. The van der Waals surface area contributed by atoms with E-state index in [9.17, 15) is 14.4 Å². The van der Waals surface area contributed by atoms with Gasteiger partial charge in [0.05, 0.1) is 11.1 Å². The van der Waals surface area contributed by atoms with Crippen LogP contribution in [0.2, 0.25) is 0 Å². The van der Waals surface area contributed by atoms with Crippen LogP contribution in [-0.2, 0) is 14.4 Å². The molecule has 23 heavy (non-hydrogen) atoms. The molecule has 2 amide bonds. The lowest BCUT2D eigenvalue weighted by Crippen LogP contribution is -2.36. The zero-order valence-electron chi connectivity index (χ0n) is 13.8. The minimum Gasteiger partial charge on any atom is -0.388 e. The predicted molar refractivity (Wildman–Crippen MR) is 93.4 cm³/mol. The molecule has 0 saturated heterocycles. The van der Waals surface area contributed by atoms with Crippen molar-refractivity contribution in [3.8, 4) is 0 Å². The molecule has 0 aliphatic rings. The highest BCUT2D eigenvalue weighted by atomic mass is 32.2. The maximum Gasteiger partial charge on any atom is 0.235 e. The van der Waals surface area contributed by atoms with E-state index >= 15 is 0 Å². The van der Waals surface area contributed by atoms with Crippen molar-refractivity contribution in [2.45, 2.75) is 50.2 Å². The first-order valence-corrected chi connectivity index (χ1v) is 8.84. The summed E-state index contributed by atoms with van der Waals surface area (Å²) in [6, 6.07) is 0. The Labute approximate surface area is 142 Å². The van der Waals surface area contributed by atoms with Gasteiger partial charge in [0.25, 0.3) is 0 Å². The molecule has 0 aromatic heterocycles. The molecule has 132 valence electrons. The number of primary amides is 1. The van der Waals surface area contributed by atoms with Crippen LogP contribution < -0.4 is 11.5 Å². The predicted octanol–water partition coefficient (Wildman–Crippen LogP) is 0.897. The van der Waals surface area contributed by atoms with E-state index in [-0.39, 0.29) is 29.3 Å². The minimum atomic E-state index is -0.380. The van der Waals surface area contributed by atoms with E-state index in [0.717, 1.165) is 32.0 Å². The summed E-state index contributed by atoms with van der Waals surface area (Å²) < 4.78 is 0. The molecular weight excluding hydrogens is 316 g/mol. The molecule has 0 fully saturated rings. The second-order valence-electron chi connectivity index (χ2n) is 5.43. The molecular formula is C15H28N4O3S. The topological polar surface area (TPSA) is 130 Å². The number of aldehydes is 1. The highest BCUT2D eigenvalue weighted by Crippen LogP contribution is 2.18. The van der Waals surface area contributed by atoms with Crippen LogP contribution in [-0.4, -0.2) is 53.4 Å². The van der Waals surface area contributed by atoms with Crippen molar-refractivity contribution in [2.75, 3.05) is 19.3 Å². The molecule has 5 N–H and O–H groups in total. The summed E-state index contributed by atoms with van der Waals surface area (Å²) in [6.45, 7) is 0.598. The van der Waals surface area contributed by atoms with Crippen LogP contribution in [0.5, 0.6) is 0 Å². The van der Waals surface area contributed by atoms with Crippen molar-refractivity contribution in [3.05, 3.63) is 0 Å². The number of nitrogens with zero attached hydrogens (tertiary/aromatic N) is 1. The monoisotopic (exact) mass is 344 g/mol. The van der Waals surface area contributed by atoms with Crippen LogP contribution in [0.25, 0.3) is 0 Å². The Balaban J connectivity index is 4.11. The normalized spacial score (nSPS) is 11.7. The first-order chi connectivity index (χ1) is 10.9. The number of nitrogens with two attached hydrogens (primary N) is 2. The molecule has 0 spiro atoms. The first-order valence-electron chi connectivity index (χ1n) is 7.80. The molecule has 8 heteroatoms. The van der Waals surface area contributed by atoms with Crippen molar-refractivity contribution in [1.29, 1.82) is 5.41 Å². The van der Waals surface area contributed by atoms with E-state index in [1.165, 1.54) is 11.8 Å². The molecule has 0 aromatic carbocycles. The number of hydrogen-bond donors (Lipinski definition) is 3. The molecule has 0 saturated carbocycles. The Morgan fingerprint density at radius 2 is 1.87 bits per heavy atom. The third-order valence-electron chi connectivity index (χ3n) is 3.29. The molecule has 1 atom stereocenters. The van der Waals surface area contributed by atoms with Crippen molar-refractivity contribution >= 4 is 35.7 Å². The van der Waals surface area contributed by atoms with Crippen molar-refractivity contribution < 1.29 is 14.4 Å². The minimum absolute atomic E-state index is 0.0557. The molecule has 0 aliphatic heterocycles. The van der Waals surface area contributed by atoms with Gasteiger partial charge in [-0.25, -0.2) is 0 Å². The van der Waals surface area contributed by atoms with E-state index in [1.54, 1.807) is 11.9 Å². The Kier molecular flexibility index (Phi) is 12.0. The Hall–Kier alpha value is -1.57. The Bertz CT molecular complexity index is 404. The van der Waals surface area contributed by atoms with Gasteiger partial charge in [-0.3, -0.25) is 15.0 Å². The molecule has 0 aliphatic carbocycles. The van der Waals surface area contributed by atoms with Gasteiger partial charge in [-0.05, 0) is 25.0 Å². The van der Waals surface area contributed by atoms with Crippen molar-refractivity contribution in [3.63, 3.8) is 0 Å². The fourth-order valence-corrected chi connectivity index (χ4v) is 3.13. The van der Waals surface area contributed by atoms with Gasteiger partial charge >= 0.3 is 0 Å². The Morgan fingerprint density at radius 3 is 2.43 bits per heavy atom. The largest absolute Gasteiger partial charge is 0.388 e. The summed E-state index contributed by atoms with van der Waals surface area (Å²) in [5, 5.41) is 6.78. The van der Waals surface area contributed by atoms with Crippen molar-refractivity contribution in [1.82, 2.24) is 4.90 Å². The summed E-state index contributed by atoms with van der Waals surface area (Å²) in [7, 11) is 1.73. The van der Waals surface area contributed by atoms with Crippen LogP contribution >= 0.6 is 11.8 Å². The van der Waals surface area contributed by atoms with E-state index < -0.39 is 0 Å². The van der Waals surface area contributed by atoms with Gasteiger partial charge in [0.15, 0.2) is 0 Å². The van der Waals surface area contributed by atoms with Crippen LogP contribution in [0.1, 0.15) is 44.9 Å². The zero-order chi connectivity index (χ0) is 17.7. The number of hydrogen-bond acceptors (Lipinski definition) is 5. The average molecular weight is 344 g/mol. The fraction of sp³-hybridized carbons (Fsp3) is 0.733. The molecule has 0 rings (SSSR count). The molecule has 7 nitrogen and oxygen atoms in total. The molecule has 1 unspecified atom stereocenters. The summed E-state index contributed by atoms with van der Waals surface area (Å²) >= 11 is 1.44. The third-order valence-corrected chi connectivity index (χ3v) is 4.61. The van der Waals surface area contributed by atoms with E-state index in [4.69, 9.17) is 16.9 Å². The quantitative estimate of drug-likeness (QED) is 0.186. The van der Waals surface area contributed by atoms with Gasteiger partial charge in [0, 0.05) is 32.9 Å². The zero-order valence-corrected chi connectivity index (χ0v) is 14.6. The van der Waals surface area contributed by atoms with Gasteiger partial charge in [0.1, 0.15) is 6.29 Å². The van der Waals surface area contributed by atoms with Gasteiger partial charge in [0.2, 0.25) is 11.8 Å². The lowest BCUT2D eigenvalue weighted by atomic mass is 10.2. The Morgan fingerprint density at radius 1 is 1.17 bits per heavy atom. The average Bonchev–Trinajstić information content (AvgIpc) is 2.48. The standard InChI is InChI=1S/C15H28N4O3S/c1-19(9-4-2-3-7-14(18)21)15(22)12(8-10-20)23-11-5-6-13(16)17/h10,12H,2-9,11H2,1H3,(H3,16,17)(H2,18,21). The lowest BCUT2D eigenvalue weighted by Gasteiger charge is -2.22. The SMILES string of the molecule is CN(CCCCCC(N)=O)C(=O)C(CC=O)SCCCC(=N)N. The van der Waals surface area contributed by atoms with Gasteiger partial charge < -0.3 is 21.2 Å². The van der Waals surface area contributed by atoms with E-state index in [2.05, 4.69) is 0 Å². The van der Waals surface area contributed by atoms with Crippen LogP contribution in [0.3, 0.4) is 0 Å². The molecule has 0 aromatic rings. The number of amidine groups is 1. The lowest BCUT2D eigenvalue weighted by molar-refractivity contribution is -0.130. The van der Waals surface area contributed by atoms with Crippen LogP contribution in [0.15, 0.2) is 0 Å². The highest BCUT2D eigenvalue weighted by Gasteiger charge is 2.21. The number of rotatable bonds is 14.